The molecule has 0 spiro atoms. The number of hydrogen-bond acceptors (Lipinski definition) is 16. The molecule has 3 N–H and O–H groups in total. The smallest absolute Gasteiger partial charge is 0.453 e. The van der Waals surface area contributed by atoms with Crippen LogP contribution in [0.4, 0.5) is 4.79 Å². The zero-order valence-electron chi connectivity index (χ0n) is 30.2. The number of esters is 1. The first-order valence-electron chi connectivity index (χ1n) is 17.0. The highest BCUT2D eigenvalue weighted by Gasteiger charge is 2.33. The Balaban J connectivity index is 1.23. The third kappa shape index (κ3) is 9.08. The summed E-state index contributed by atoms with van der Waals surface area (Å²) < 4.78 is 22.5. The van der Waals surface area contributed by atoms with Crippen molar-refractivity contribution in [2.24, 2.45) is 0 Å². The van der Waals surface area contributed by atoms with E-state index in [1.165, 1.54) is 32.9 Å². The topological polar surface area (TPSA) is 231 Å². The second-order valence-electron chi connectivity index (χ2n) is 12.8. The molecule has 0 aliphatic carbocycles. The highest BCUT2D eigenvalue weighted by atomic mass is 17.1. The fourth-order valence-electron chi connectivity index (χ4n) is 5.70. The van der Waals surface area contributed by atoms with Crippen LogP contribution in [0.1, 0.15) is 71.8 Å². The van der Waals surface area contributed by atoms with Crippen LogP contribution in [0.25, 0.3) is 22.5 Å². The lowest BCUT2D eigenvalue weighted by Crippen LogP contribution is -2.23. The Kier molecular flexibility index (Phi) is 11.4. The number of aromatic nitrogens is 6. The van der Waals surface area contributed by atoms with Crippen molar-refractivity contribution in [3.05, 3.63) is 123 Å². The van der Waals surface area contributed by atoms with Gasteiger partial charge in [-0.05, 0) is 66.8 Å². The summed E-state index contributed by atoms with van der Waals surface area (Å²) >= 11 is 0. The Morgan fingerprint density at radius 2 is 1.69 bits per heavy atom. The van der Waals surface area contributed by atoms with Gasteiger partial charge < -0.3 is 28.0 Å². The molecule has 18 nitrogen and oxygen atoms in total. The number of hydrogen-bond donors (Lipinski definition) is 3. The Morgan fingerprint density at radius 3 is 2.36 bits per heavy atom. The van der Waals surface area contributed by atoms with E-state index in [0.29, 0.717) is 23.4 Å². The second kappa shape index (κ2) is 16.4. The molecule has 55 heavy (non-hydrogen) atoms. The summed E-state index contributed by atoms with van der Waals surface area (Å²) in [6.07, 6.45) is 0.320. The SMILES string of the molecule is CCCc1nc(C(C)(C)O)c(C(=O)OCc2oc(=O)oc2C)n1Cc1ccc(-c2ccccc2-c2nnn(C(=O)Oc3cccc(CON(O)O)c3)n2)cc1. The Morgan fingerprint density at radius 1 is 0.945 bits per heavy atom. The minimum Gasteiger partial charge on any atom is -0.453 e. The van der Waals surface area contributed by atoms with Crippen molar-refractivity contribution in [1.82, 2.24) is 35.1 Å². The van der Waals surface area contributed by atoms with E-state index in [2.05, 4.69) is 25.2 Å². The molecular formula is C37H37N7O11. The average molecular weight is 756 g/mol. The molecule has 3 heterocycles. The van der Waals surface area contributed by atoms with Gasteiger partial charge in [0, 0.05) is 18.5 Å². The Bertz CT molecular complexity index is 2350. The third-order valence-electron chi connectivity index (χ3n) is 8.26. The fraction of sp³-hybridized carbons (Fsp3) is 0.270. The molecule has 0 atom stereocenters. The van der Waals surface area contributed by atoms with Crippen LogP contribution in [0.2, 0.25) is 0 Å². The van der Waals surface area contributed by atoms with Crippen LogP contribution in [-0.4, -0.2) is 62.7 Å². The number of aliphatic hydroxyl groups is 1. The molecule has 0 aliphatic rings. The Hall–Kier alpha value is -6.31. The van der Waals surface area contributed by atoms with Crippen molar-refractivity contribution < 1.29 is 48.3 Å². The summed E-state index contributed by atoms with van der Waals surface area (Å²) in [4.78, 5) is 48.0. The fourth-order valence-corrected chi connectivity index (χ4v) is 5.70. The number of aryl methyl sites for hydroxylation is 2. The van der Waals surface area contributed by atoms with Crippen LogP contribution in [0, 0.1) is 6.92 Å². The number of benzene rings is 3. The highest BCUT2D eigenvalue weighted by Crippen LogP contribution is 2.31. The highest BCUT2D eigenvalue weighted by molar-refractivity contribution is 5.89. The summed E-state index contributed by atoms with van der Waals surface area (Å²) in [5, 5.41) is 40.4. The van der Waals surface area contributed by atoms with Crippen molar-refractivity contribution in [3.8, 4) is 28.3 Å². The number of rotatable bonds is 14. The van der Waals surface area contributed by atoms with Crippen molar-refractivity contribution in [2.45, 2.75) is 65.9 Å². The first-order valence-corrected chi connectivity index (χ1v) is 17.0. The van der Waals surface area contributed by atoms with Gasteiger partial charge >= 0.3 is 17.9 Å². The molecule has 3 aromatic carbocycles. The molecule has 0 aliphatic heterocycles. The molecular weight excluding hydrogens is 718 g/mol. The predicted molar refractivity (Wildman–Crippen MR) is 188 cm³/mol. The number of imidazole rings is 1. The van der Waals surface area contributed by atoms with Crippen LogP contribution >= 0.6 is 0 Å². The lowest BCUT2D eigenvalue weighted by atomic mass is 9.98. The van der Waals surface area contributed by atoms with Gasteiger partial charge in [0.25, 0.3) is 0 Å². The van der Waals surface area contributed by atoms with E-state index in [-0.39, 0.29) is 54.2 Å². The summed E-state index contributed by atoms with van der Waals surface area (Å²) in [7, 11) is 0. The van der Waals surface area contributed by atoms with Gasteiger partial charge in [-0.3, -0.25) is 10.4 Å². The number of carbonyl (C=O) groups excluding carboxylic acids is 2. The van der Waals surface area contributed by atoms with Gasteiger partial charge in [0.2, 0.25) is 5.82 Å². The van der Waals surface area contributed by atoms with Gasteiger partial charge in [-0.15, -0.1) is 10.2 Å². The predicted octanol–water partition coefficient (Wildman–Crippen LogP) is 5.20. The standard InChI is InChI=1S/C37H37N7O11/c1-5-9-30-38-32(37(3,4)48)31(34(45)51-21-29-22(2)53-36(47)55-29)42(30)19-23-14-16-25(17-15-23)27-12-6-7-13-28(27)33-39-41-43(40-33)35(46)54-26-11-8-10-24(18-26)20-52-44(49)50/h6-8,10-18,48-50H,5,9,19-21H2,1-4H3. The molecule has 3 aromatic heterocycles. The molecule has 6 aromatic rings. The monoisotopic (exact) mass is 755 g/mol. The van der Waals surface area contributed by atoms with E-state index >= 15 is 0 Å². The lowest BCUT2D eigenvalue weighted by molar-refractivity contribution is -0.497. The zero-order valence-corrected chi connectivity index (χ0v) is 30.2. The van der Waals surface area contributed by atoms with Crippen LogP contribution in [0.5, 0.6) is 5.75 Å². The first kappa shape index (κ1) is 38.4. The molecule has 0 radical (unpaired) electrons. The van der Waals surface area contributed by atoms with E-state index in [1.54, 1.807) is 28.8 Å². The molecule has 0 amide bonds. The van der Waals surface area contributed by atoms with Gasteiger partial charge in [-0.2, -0.15) is 0 Å². The minimum absolute atomic E-state index is 0.0722. The lowest BCUT2D eigenvalue weighted by Gasteiger charge is -2.17. The van der Waals surface area contributed by atoms with Gasteiger partial charge in [0.15, 0.2) is 23.8 Å². The van der Waals surface area contributed by atoms with Crippen LogP contribution in [0.3, 0.4) is 0 Å². The minimum atomic E-state index is -1.48. The summed E-state index contributed by atoms with van der Waals surface area (Å²) in [5.41, 5.74) is 2.20. The van der Waals surface area contributed by atoms with Crippen molar-refractivity contribution in [2.75, 3.05) is 0 Å². The van der Waals surface area contributed by atoms with E-state index in [0.717, 1.165) is 27.9 Å². The zero-order chi connectivity index (χ0) is 39.3. The molecule has 0 unspecified atom stereocenters. The maximum Gasteiger partial charge on any atom is 0.519 e. The van der Waals surface area contributed by atoms with Crippen molar-refractivity contribution in [1.29, 1.82) is 0 Å². The van der Waals surface area contributed by atoms with E-state index in [1.807, 2.05) is 43.3 Å². The van der Waals surface area contributed by atoms with Gasteiger partial charge in [0.05, 0.1) is 12.0 Å². The summed E-state index contributed by atoms with van der Waals surface area (Å²) in [5.74, 6) is -0.504. The molecule has 0 fully saturated rings. The Labute approximate surface area is 312 Å². The quantitative estimate of drug-likeness (QED) is 0.0957. The van der Waals surface area contributed by atoms with Crippen LogP contribution < -0.4 is 10.6 Å². The maximum atomic E-state index is 13.6. The number of carbonyl (C=O) groups is 2. The summed E-state index contributed by atoms with van der Waals surface area (Å²) in [6, 6.07) is 21.1. The van der Waals surface area contributed by atoms with E-state index in [9.17, 15) is 19.5 Å². The van der Waals surface area contributed by atoms with Gasteiger partial charge in [-0.25, -0.2) is 24.2 Å². The molecule has 18 heteroatoms. The van der Waals surface area contributed by atoms with Gasteiger partial charge in [-0.1, -0.05) is 72.4 Å². The third-order valence-corrected chi connectivity index (χ3v) is 8.26. The van der Waals surface area contributed by atoms with E-state index < -0.39 is 28.9 Å². The first-order chi connectivity index (χ1) is 26.3. The normalized spacial score (nSPS) is 11.6. The molecule has 286 valence electrons. The average Bonchev–Trinajstić information content (AvgIpc) is 3.87. The molecule has 6 rings (SSSR count). The van der Waals surface area contributed by atoms with Crippen LogP contribution in [-0.2, 0) is 41.4 Å². The van der Waals surface area contributed by atoms with E-state index in [4.69, 9.17) is 28.7 Å². The van der Waals surface area contributed by atoms with Crippen molar-refractivity contribution in [3.63, 3.8) is 0 Å². The molecule has 0 bridgehead atoms. The summed E-state index contributed by atoms with van der Waals surface area (Å²) in [6.45, 7) is 6.25. The number of tetrazole rings is 1. The molecule has 0 saturated carbocycles. The van der Waals surface area contributed by atoms with Crippen LogP contribution in [0.15, 0.2) is 86.4 Å². The van der Waals surface area contributed by atoms with Gasteiger partial charge in [0.1, 0.15) is 22.9 Å². The molecule has 0 saturated heterocycles. The largest absolute Gasteiger partial charge is 0.519 e. The number of ether oxygens (including phenoxy) is 2. The second-order valence-corrected chi connectivity index (χ2v) is 12.8. The van der Waals surface area contributed by atoms with Crippen molar-refractivity contribution >= 4 is 12.1 Å². The number of nitrogens with zero attached hydrogens (tertiary/aromatic N) is 7. The maximum absolute atomic E-state index is 13.6.